The molecule has 2 rings (SSSR count). The number of benzene rings is 2. The minimum absolute atomic E-state index is 0.380. The van der Waals surface area contributed by atoms with Gasteiger partial charge in [-0.2, -0.15) is 0 Å². The van der Waals surface area contributed by atoms with Gasteiger partial charge in [0.25, 0.3) is 0 Å². The van der Waals surface area contributed by atoms with Crippen LogP contribution in [0.1, 0.15) is 0 Å². The van der Waals surface area contributed by atoms with E-state index >= 15 is 0 Å². The summed E-state index contributed by atoms with van der Waals surface area (Å²) in [5.41, 5.74) is 7.01. The van der Waals surface area contributed by atoms with E-state index in [1.807, 2.05) is 0 Å². The Morgan fingerprint density at radius 2 is 1.75 bits per heavy atom. The molecular formula is C12H10ClFN2. The van der Waals surface area contributed by atoms with E-state index in [-0.39, 0.29) is 5.82 Å². The Morgan fingerprint density at radius 1 is 1.06 bits per heavy atom. The predicted molar refractivity (Wildman–Crippen MR) is 65.5 cm³/mol. The number of hydrogen-bond acceptors (Lipinski definition) is 2. The molecule has 0 aromatic heterocycles. The smallest absolute Gasteiger partial charge is 0.148 e. The molecule has 0 fully saturated rings. The van der Waals surface area contributed by atoms with Crippen LogP contribution in [0.5, 0.6) is 0 Å². The number of halogens is 2. The Bertz CT molecular complexity index is 497. The van der Waals surface area contributed by atoms with Gasteiger partial charge in [0.05, 0.1) is 5.69 Å². The fraction of sp³-hybridized carbons (Fsp3) is 0. The second-order valence-corrected chi connectivity index (χ2v) is 3.81. The van der Waals surface area contributed by atoms with Gasteiger partial charge in [-0.25, -0.2) is 4.39 Å². The maximum atomic E-state index is 13.4. The topological polar surface area (TPSA) is 38.0 Å². The summed E-state index contributed by atoms with van der Waals surface area (Å²) >= 11 is 5.75. The molecule has 2 nitrogen and oxygen atoms in total. The van der Waals surface area contributed by atoms with Gasteiger partial charge in [0.15, 0.2) is 0 Å². The van der Waals surface area contributed by atoms with Crippen molar-refractivity contribution < 1.29 is 4.39 Å². The number of nitrogens with two attached hydrogens (primary N) is 1. The molecule has 16 heavy (non-hydrogen) atoms. The number of nitrogens with one attached hydrogen (secondary N) is 1. The van der Waals surface area contributed by atoms with Crippen molar-refractivity contribution >= 4 is 28.7 Å². The maximum absolute atomic E-state index is 13.4. The Balaban J connectivity index is 2.23. The van der Waals surface area contributed by atoms with E-state index in [2.05, 4.69) is 5.32 Å². The Morgan fingerprint density at radius 3 is 2.38 bits per heavy atom. The van der Waals surface area contributed by atoms with E-state index < -0.39 is 0 Å². The van der Waals surface area contributed by atoms with Gasteiger partial charge in [0.2, 0.25) is 0 Å². The summed E-state index contributed by atoms with van der Waals surface area (Å²) in [7, 11) is 0. The molecule has 0 aliphatic carbocycles. The SMILES string of the molecule is Nc1ccc(Nc2ccc(Cl)cc2)c(F)c1. The van der Waals surface area contributed by atoms with E-state index in [4.69, 9.17) is 17.3 Å². The number of anilines is 3. The lowest BCUT2D eigenvalue weighted by Crippen LogP contribution is -1.95. The standard InChI is InChI=1S/C12H10ClFN2/c13-8-1-4-10(5-2-8)16-12-6-3-9(15)7-11(12)14/h1-7,16H,15H2. The monoisotopic (exact) mass is 236 g/mol. The second-order valence-electron chi connectivity index (χ2n) is 3.37. The number of nitrogen functional groups attached to an aromatic ring is 1. The van der Waals surface area contributed by atoms with Gasteiger partial charge in [-0.05, 0) is 42.5 Å². The minimum Gasteiger partial charge on any atom is -0.399 e. The van der Waals surface area contributed by atoms with E-state index in [9.17, 15) is 4.39 Å². The van der Waals surface area contributed by atoms with Crippen LogP contribution in [0.15, 0.2) is 42.5 Å². The van der Waals surface area contributed by atoms with Crippen LogP contribution in [0.3, 0.4) is 0 Å². The average Bonchev–Trinajstić information content (AvgIpc) is 2.25. The highest BCUT2D eigenvalue weighted by molar-refractivity contribution is 6.30. The average molecular weight is 237 g/mol. The minimum atomic E-state index is -0.380. The van der Waals surface area contributed by atoms with Crippen LogP contribution < -0.4 is 11.1 Å². The van der Waals surface area contributed by atoms with Crippen LogP contribution in [-0.2, 0) is 0 Å². The van der Waals surface area contributed by atoms with Crippen molar-refractivity contribution in [2.45, 2.75) is 0 Å². The van der Waals surface area contributed by atoms with Crippen molar-refractivity contribution in [2.75, 3.05) is 11.1 Å². The van der Waals surface area contributed by atoms with Crippen LogP contribution >= 0.6 is 11.6 Å². The summed E-state index contributed by atoms with van der Waals surface area (Å²) in [4.78, 5) is 0. The van der Waals surface area contributed by atoms with Crippen molar-refractivity contribution in [2.24, 2.45) is 0 Å². The van der Waals surface area contributed by atoms with Gasteiger partial charge < -0.3 is 11.1 Å². The van der Waals surface area contributed by atoms with Crippen molar-refractivity contribution in [3.8, 4) is 0 Å². The van der Waals surface area contributed by atoms with Crippen LogP contribution in [-0.4, -0.2) is 0 Å². The van der Waals surface area contributed by atoms with Gasteiger partial charge in [-0.3, -0.25) is 0 Å². The predicted octanol–water partition coefficient (Wildman–Crippen LogP) is 3.80. The van der Waals surface area contributed by atoms with Crippen LogP contribution in [0.4, 0.5) is 21.5 Å². The van der Waals surface area contributed by atoms with Crippen molar-refractivity contribution in [3.63, 3.8) is 0 Å². The number of rotatable bonds is 2. The van der Waals surface area contributed by atoms with Crippen molar-refractivity contribution in [1.29, 1.82) is 0 Å². The third kappa shape index (κ3) is 2.44. The summed E-state index contributed by atoms with van der Waals surface area (Å²) < 4.78 is 13.4. The molecule has 0 amide bonds. The van der Waals surface area contributed by atoms with Gasteiger partial charge in [-0.15, -0.1) is 0 Å². The van der Waals surface area contributed by atoms with Gasteiger partial charge in [-0.1, -0.05) is 11.6 Å². The van der Waals surface area contributed by atoms with E-state index in [0.29, 0.717) is 16.4 Å². The van der Waals surface area contributed by atoms with Crippen LogP contribution in [0, 0.1) is 5.82 Å². The van der Waals surface area contributed by atoms with Gasteiger partial charge >= 0.3 is 0 Å². The highest BCUT2D eigenvalue weighted by Gasteiger charge is 2.02. The molecule has 2 aromatic rings. The molecule has 0 heterocycles. The van der Waals surface area contributed by atoms with Crippen molar-refractivity contribution in [3.05, 3.63) is 53.3 Å². The fourth-order valence-corrected chi connectivity index (χ4v) is 1.45. The first-order valence-corrected chi connectivity index (χ1v) is 5.10. The maximum Gasteiger partial charge on any atom is 0.148 e. The van der Waals surface area contributed by atoms with Gasteiger partial charge in [0, 0.05) is 16.4 Å². The lowest BCUT2D eigenvalue weighted by molar-refractivity contribution is 0.632. The summed E-state index contributed by atoms with van der Waals surface area (Å²) in [6.07, 6.45) is 0. The highest BCUT2D eigenvalue weighted by atomic mass is 35.5. The summed E-state index contributed by atoms with van der Waals surface area (Å²) in [6.45, 7) is 0. The van der Waals surface area contributed by atoms with E-state index in [1.54, 1.807) is 36.4 Å². The zero-order chi connectivity index (χ0) is 11.5. The highest BCUT2D eigenvalue weighted by Crippen LogP contribution is 2.22. The quantitative estimate of drug-likeness (QED) is 0.779. The Labute approximate surface area is 97.8 Å². The van der Waals surface area contributed by atoms with Gasteiger partial charge in [0.1, 0.15) is 5.82 Å². The first kappa shape index (κ1) is 10.8. The molecule has 82 valence electrons. The summed E-state index contributed by atoms with van der Waals surface area (Å²) in [5.74, 6) is -0.380. The molecule has 2 aromatic carbocycles. The molecule has 0 spiro atoms. The Kier molecular flexibility index (Phi) is 2.97. The lowest BCUT2D eigenvalue weighted by atomic mass is 10.2. The zero-order valence-electron chi connectivity index (χ0n) is 8.37. The van der Waals surface area contributed by atoms with Crippen LogP contribution in [0.25, 0.3) is 0 Å². The molecule has 0 atom stereocenters. The molecule has 0 saturated carbocycles. The molecule has 4 heteroatoms. The first-order chi connectivity index (χ1) is 7.65. The Hall–Kier alpha value is -1.74. The normalized spacial score (nSPS) is 10.1. The van der Waals surface area contributed by atoms with E-state index in [0.717, 1.165) is 5.69 Å². The molecule has 0 aliphatic rings. The fourth-order valence-electron chi connectivity index (χ4n) is 1.32. The largest absolute Gasteiger partial charge is 0.399 e. The van der Waals surface area contributed by atoms with E-state index in [1.165, 1.54) is 6.07 Å². The summed E-state index contributed by atoms with van der Waals surface area (Å²) in [5, 5.41) is 3.58. The van der Waals surface area contributed by atoms with Crippen LogP contribution in [0.2, 0.25) is 5.02 Å². The molecule has 0 saturated heterocycles. The summed E-state index contributed by atoms with van der Waals surface area (Å²) in [6, 6.07) is 11.5. The molecule has 3 N–H and O–H groups in total. The molecule has 0 aliphatic heterocycles. The zero-order valence-corrected chi connectivity index (χ0v) is 9.13. The molecule has 0 unspecified atom stereocenters. The van der Waals surface area contributed by atoms with Crippen molar-refractivity contribution in [1.82, 2.24) is 0 Å². The molecule has 0 bridgehead atoms. The molecule has 0 radical (unpaired) electrons. The molecular weight excluding hydrogens is 227 g/mol. The lowest BCUT2D eigenvalue weighted by Gasteiger charge is -2.07. The third-order valence-corrected chi connectivity index (χ3v) is 2.37. The second kappa shape index (κ2) is 4.41. The number of hydrogen-bond donors (Lipinski definition) is 2. The first-order valence-electron chi connectivity index (χ1n) is 4.73. The third-order valence-electron chi connectivity index (χ3n) is 2.12.